The summed E-state index contributed by atoms with van der Waals surface area (Å²) in [6.07, 6.45) is 1.64. The van der Waals surface area contributed by atoms with E-state index >= 15 is 0 Å². The Labute approximate surface area is 154 Å². The molecular formula is C21H25NO4. The van der Waals surface area contributed by atoms with E-state index in [9.17, 15) is 9.90 Å². The molecule has 1 aliphatic heterocycles. The van der Waals surface area contributed by atoms with Gasteiger partial charge in [-0.1, -0.05) is 12.1 Å². The molecule has 1 saturated heterocycles. The van der Waals surface area contributed by atoms with Gasteiger partial charge >= 0.3 is 0 Å². The van der Waals surface area contributed by atoms with E-state index in [-0.39, 0.29) is 11.9 Å². The minimum Gasteiger partial charge on any atom is -0.497 e. The van der Waals surface area contributed by atoms with E-state index < -0.39 is 5.60 Å². The Kier molecular flexibility index (Phi) is 5.18. The zero-order valence-electron chi connectivity index (χ0n) is 15.4. The van der Waals surface area contributed by atoms with Crippen molar-refractivity contribution in [2.24, 2.45) is 0 Å². The summed E-state index contributed by atoms with van der Waals surface area (Å²) < 4.78 is 10.3. The third-order valence-electron chi connectivity index (χ3n) is 5.17. The van der Waals surface area contributed by atoms with Crippen molar-refractivity contribution in [1.29, 1.82) is 0 Å². The van der Waals surface area contributed by atoms with Crippen molar-refractivity contribution < 1.29 is 19.4 Å². The molecule has 138 valence electrons. The summed E-state index contributed by atoms with van der Waals surface area (Å²) in [6.45, 7) is 2.42. The predicted octanol–water partition coefficient (Wildman–Crippen LogP) is 3.22. The van der Waals surface area contributed by atoms with Gasteiger partial charge in [-0.3, -0.25) is 4.79 Å². The van der Waals surface area contributed by atoms with Crippen molar-refractivity contribution in [2.75, 3.05) is 20.8 Å². The first-order valence-corrected chi connectivity index (χ1v) is 8.79. The molecule has 5 heteroatoms. The van der Waals surface area contributed by atoms with Crippen LogP contribution in [0.3, 0.4) is 0 Å². The molecule has 2 aromatic carbocycles. The van der Waals surface area contributed by atoms with Crippen LogP contribution in [0.15, 0.2) is 48.5 Å². The van der Waals surface area contributed by atoms with E-state index in [1.54, 1.807) is 50.3 Å². The van der Waals surface area contributed by atoms with Crippen LogP contribution in [-0.2, 0) is 5.60 Å². The van der Waals surface area contributed by atoms with Crippen molar-refractivity contribution in [3.05, 3.63) is 59.7 Å². The van der Waals surface area contributed by atoms with Gasteiger partial charge in [-0.2, -0.15) is 0 Å². The Balaban J connectivity index is 1.84. The van der Waals surface area contributed by atoms with Crippen LogP contribution in [-0.4, -0.2) is 42.7 Å². The Bertz CT molecular complexity index is 753. The molecule has 26 heavy (non-hydrogen) atoms. The molecule has 1 N–H and O–H groups in total. The number of ether oxygens (including phenoxy) is 2. The Morgan fingerprint density at radius 2 is 1.58 bits per heavy atom. The summed E-state index contributed by atoms with van der Waals surface area (Å²) in [5.74, 6) is 1.39. The Morgan fingerprint density at radius 1 is 1.04 bits per heavy atom. The lowest BCUT2D eigenvalue weighted by molar-refractivity contribution is -0.0177. The molecule has 0 unspecified atom stereocenters. The molecular weight excluding hydrogens is 330 g/mol. The number of hydrogen-bond donors (Lipinski definition) is 1. The average Bonchev–Trinajstić information content (AvgIpc) is 3.18. The number of carbonyl (C=O) groups excluding carboxylic acids is 1. The monoisotopic (exact) mass is 355 g/mol. The first kappa shape index (κ1) is 18.3. The van der Waals surface area contributed by atoms with Gasteiger partial charge in [0.25, 0.3) is 5.91 Å². The second-order valence-electron chi connectivity index (χ2n) is 6.76. The zero-order valence-corrected chi connectivity index (χ0v) is 15.4. The number of rotatable bonds is 5. The molecule has 5 nitrogen and oxygen atoms in total. The summed E-state index contributed by atoms with van der Waals surface area (Å²) in [4.78, 5) is 14.8. The van der Waals surface area contributed by atoms with Gasteiger partial charge in [0, 0.05) is 12.1 Å². The van der Waals surface area contributed by atoms with Crippen LogP contribution in [0.2, 0.25) is 0 Å². The fourth-order valence-corrected chi connectivity index (χ4v) is 3.61. The number of amides is 1. The van der Waals surface area contributed by atoms with Gasteiger partial charge in [0.1, 0.15) is 17.1 Å². The van der Waals surface area contributed by atoms with E-state index in [2.05, 4.69) is 0 Å². The third-order valence-corrected chi connectivity index (χ3v) is 5.17. The lowest BCUT2D eigenvalue weighted by atomic mass is 9.86. The first-order chi connectivity index (χ1) is 12.5. The molecule has 1 aliphatic rings. The fourth-order valence-electron chi connectivity index (χ4n) is 3.61. The molecule has 2 atom stereocenters. The van der Waals surface area contributed by atoms with Crippen molar-refractivity contribution in [3.8, 4) is 11.5 Å². The van der Waals surface area contributed by atoms with Gasteiger partial charge in [0.2, 0.25) is 0 Å². The Morgan fingerprint density at radius 3 is 2.12 bits per heavy atom. The SMILES string of the molecule is COc1ccc(C(=O)N2CCC[C@H]2[C@@](C)(O)c2ccc(OC)cc2)cc1. The topological polar surface area (TPSA) is 59.0 Å². The lowest BCUT2D eigenvalue weighted by Crippen LogP contribution is -2.48. The van der Waals surface area contributed by atoms with Gasteiger partial charge in [-0.05, 0) is 61.7 Å². The molecule has 0 bridgehead atoms. The number of carbonyl (C=O) groups is 1. The first-order valence-electron chi connectivity index (χ1n) is 8.79. The molecule has 0 saturated carbocycles. The average molecular weight is 355 g/mol. The summed E-state index contributed by atoms with van der Waals surface area (Å²) in [5.41, 5.74) is 0.242. The van der Waals surface area contributed by atoms with Crippen LogP contribution in [0.5, 0.6) is 11.5 Å². The van der Waals surface area contributed by atoms with Crippen molar-refractivity contribution in [2.45, 2.75) is 31.4 Å². The standard InChI is InChI=1S/C21H25NO4/c1-21(24,16-8-12-18(26-3)13-9-16)19-5-4-14-22(19)20(23)15-6-10-17(25-2)11-7-15/h6-13,19,24H,4-5,14H2,1-3H3/t19-,21-/m0/s1. The minimum atomic E-state index is -1.13. The van der Waals surface area contributed by atoms with E-state index in [0.29, 0.717) is 17.9 Å². The van der Waals surface area contributed by atoms with Gasteiger partial charge in [-0.25, -0.2) is 0 Å². The van der Waals surface area contributed by atoms with Gasteiger partial charge in [0.05, 0.1) is 20.3 Å². The predicted molar refractivity (Wildman–Crippen MR) is 99.6 cm³/mol. The summed E-state index contributed by atoms with van der Waals surface area (Å²) in [7, 11) is 3.21. The molecule has 0 aliphatic carbocycles. The lowest BCUT2D eigenvalue weighted by Gasteiger charge is -2.37. The highest BCUT2D eigenvalue weighted by Gasteiger charge is 2.42. The molecule has 1 heterocycles. The van der Waals surface area contributed by atoms with E-state index in [1.165, 1.54) is 0 Å². The van der Waals surface area contributed by atoms with Crippen LogP contribution in [0.25, 0.3) is 0 Å². The Hall–Kier alpha value is -2.53. The molecule has 0 aromatic heterocycles. The maximum atomic E-state index is 13.0. The number of nitrogens with zero attached hydrogens (tertiary/aromatic N) is 1. The van der Waals surface area contributed by atoms with Gasteiger partial charge < -0.3 is 19.5 Å². The van der Waals surface area contributed by atoms with E-state index in [1.807, 2.05) is 24.3 Å². The number of aliphatic hydroxyl groups is 1. The van der Waals surface area contributed by atoms with Gasteiger partial charge in [-0.15, -0.1) is 0 Å². The molecule has 2 aromatic rings. The number of likely N-dealkylation sites (tertiary alicyclic amines) is 1. The van der Waals surface area contributed by atoms with Crippen LogP contribution in [0.4, 0.5) is 0 Å². The molecule has 0 spiro atoms. The smallest absolute Gasteiger partial charge is 0.254 e. The van der Waals surface area contributed by atoms with Crippen LogP contribution < -0.4 is 9.47 Å². The van der Waals surface area contributed by atoms with Crippen LogP contribution in [0.1, 0.15) is 35.7 Å². The summed E-state index contributed by atoms with van der Waals surface area (Å²) in [6, 6.07) is 14.2. The van der Waals surface area contributed by atoms with Crippen molar-refractivity contribution in [1.82, 2.24) is 4.90 Å². The minimum absolute atomic E-state index is 0.0658. The van der Waals surface area contributed by atoms with Crippen LogP contribution in [0, 0.1) is 0 Å². The summed E-state index contributed by atoms with van der Waals surface area (Å²) >= 11 is 0. The maximum Gasteiger partial charge on any atom is 0.254 e. The number of hydrogen-bond acceptors (Lipinski definition) is 4. The third kappa shape index (κ3) is 3.40. The maximum absolute atomic E-state index is 13.0. The van der Waals surface area contributed by atoms with Crippen molar-refractivity contribution >= 4 is 5.91 Å². The highest BCUT2D eigenvalue weighted by molar-refractivity contribution is 5.94. The van der Waals surface area contributed by atoms with Crippen LogP contribution >= 0.6 is 0 Å². The van der Waals surface area contributed by atoms with E-state index in [4.69, 9.17) is 9.47 Å². The van der Waals surface area contributed by atoms with Gasteiger partial charge in [0.15, 0.2) is 0 Å². The number of methoxy groups -OCH3 is 2. The van der Waals surface area contributed by atoms with E-state index in [0.717, 1.165) is 24.2 Å². The molecule has 0 radical (unpaired) electrons. The zero-order chi connectivity index (χ0) is 18.7. The fraction of sp³-hybridized carbons (Fsp3) is 0.381. The molecule has 1 fully saturated rings. The normalized spacial score (nSPS) is 19.1. The van der Waals surface area contributed by atoms with Crippen molar-refractivity contribution in [3.63, 3.8) is 0 Å². The molecule has 3 rings (SSSR count). The highest BCUT2D eigenvalue weighted by atomic mass is 16.5. The second kappa shape index (κ2) is 7.38. The second-order valence-corrected chi connectivity index (χ2v) is 6.76. The molecule has 1 amide bonds. The number of benzene rings is 2. The quantitative estimate of drug-likeness (QED) is 0.895. The highest BCUT2D eigenvalue weighted by Crippen LogP contribution is 2.36. The largest absolute Gasteiger partial charge is 0.497 e. The summed E-state index contributed by atoms with van der Waals surface area (Å²) in [5, 5.41) is 11.2.